The minimum atomic E-state index is -0.553. The molecule has 1 aromatic carbocycles. The second-order valence-corrected chi connectivity index (χ2v) is 5.75. The van der Waals surface area contributed by atoms with Crippen LogP contribution in [0.3, 0.4) is 0 Å². The Balaban J connectivity index is 2.36. The highest BCUT2D eigenvalue weighted by Gasteiger charge is 2.14. The predicted octanol–water partition coefficient (Wildman–Crippen LogP) is 4.80. The Morgan fingerprint density at radius 1 is 1.18 bits per heavy atom. The van der Waals surface area contributed by atoms with Crippen molar-refractivity contribution in [2.45, 2.75) is 52.1 Å². The van der Waals surface area contributed by atoms with Crippen molar-refractivity contribution in [2.75, 3.05) is 0 Å². The van der Waals surface area contributed by atoms with E-state index in [9.17, 15) is 9.59 Å². The fraction of sp³-hybridized carbons (Fsp3) is 0.500. The van der Waals surface area contributed by atoms with E-state index < -0.39 is 11.9 Å². The molecule has 0 heterocycles. The smallest absolute Gasteiger partial charge is 0.311 e. The van der Waals surface area contributed by atoms with Crippen molar-refractivity contribution in [2.24, 2.45) is 0 Å². The number of halogens is 2. The van der Waals surface area contributed by atoms with Crippen molar-refractivity contribution >= 4 is 35.1 Å². The molecule has 22 heavy (non-hydrogen) atoms. The van der Waals surface area contributed by atoms with Crippen molar-refractivity contribution in [3.63, 3.8) is 0 Å². The fourth-order valence-corrected chi connectivity index (χ4v) is 2.10. The van der Waals surface area contributed by atoms with Gasteiger partial charge < -0.3 is 9.47 Å². The number of unbranched alkanes of at least 4 members (excludes halogenated alkanes) is 1. The van der Waals surface area contributed by atoms with Crippen molar-refractivity contribution in [3.8, 4) is 5.75 Å². The molecule has 1 unspecified atom stereocenters. The SMILES string of the molecule is CCCCC(C)OC(=O)CCC(=O)Oc1cccc(Cl)c1Cl. The highest BCUT2D eigenvalue weighted by molar-refractivity contribution is 6.43. The molecule has 1 atom stereocenters. The lowest BCUT2D eigenvalue weighted by Crippen LogP contribution is -2.17. The van der Waals surface area contributed by atoms with Gasteiger partial charge in [-0.15, -0.1) is 0 Å². The molecule has 0 bridgehead atoms. The van der Waals surface area contributed by atoms with Crippen molar-refractivity contribution in [3.05, 3.63) is 28.2 Å². The third kappa shape index (κ3) is 6.67. The van der Waals surface area contributed by atoms with Gasteiger partial charge in [0.25, 0.3) is 0 Å². The third-order valence-electron chi connectivity index (χ3n) is 2.97. The van der Waals surface area contributed by atoms with Crippen LogP contribution in [0.5, 0.6) is 5.75 Å². The molecule has 0 aliphatic carbocycles. The molecular weight excluding hydrogens is 327 g/mol. The Bertz CT molecular complexity index is 517. The van der Waals surface area contributed by atoms with Crippen LogP contribution in [0.4, 0.5) is 0 Å². The van der Waals surface area contributed by atoms with Gasteiger partial charge in [0.05, 0.1) is 24.0 Å². The lowest BCUT2D eigenvalue weighted by atomic mass is 10.2. The predicted molar refractivity (Wildman–Crippen MR) is 86.4 cm³/mol. The van der Waals surface area contributed by atoms with Crippen LogP contribution in [-0.2, 0) is 14.3 Å². The average molecular weight is 347 g/mol. The lowest BCUT2D eigenvalue weighted by Gasteiger charge is -2.12. The second-order valence-electron chi connectivity index (χ2n) is 4.97. The quantitative estimate of drug-likeness (QED) is 0.501. The summed E-state index contributed by atoms with van der Waals surface area (Å²) >= 11 is 11.7. The zero-order valence-corrected chi connectivity index (χ0v) is 14.2. The molecule has 4 nitrogen and oxygen atoms in total. The molecule has 0 saturated carbocycles. The van der Waals surface area contributed by atoms with E-state index in [-0.39, 0.29) is 29.7 Å². The number of esters is 2. The van der Waals surface area contributed by atoms with E-state index in [1.807, 2.05) is 6.92 Å². The van der Waals surface area contributed by atoms with E-state index in [0.29, 0.717) is 5.02 Å². The van der Waals surface area contributed by atoms with Gasteiger partial charge in [0, 0.05) is 0 Å². The third-order valence-corrected chi connectivity index (χ3v) is 3.77. The molecule has 0 aliphatic rings. The number of hydrogen-bond donors (Lipinski definition) is 0. The first-order valence-corrected chi connectivity index (χ1v) is 8.03. The summed E-state index contributed by atoms with van der Waals surface area (Å²) in [7, 11) is 0. The van der Waals surface area contributed by atoms with Crippen LogP contribution >= 0.6 is 23.2 Å². The molecule has 0 radical (unpaired) electrons. The van der Waals surface area contributed by atoms with Crippen molar-refractivity contribution in [1.29, 1.82) is 0 Å². The average Bonchev–Trinajstić information content (AvgIpc) is 2.48. The van der Waals surface area contributed by atoms with Gasteiger partial charge >= 0.3 is 11.9 Å². The van der Waals surface area contributed by atoms with Crippen molar-refractivity contribution < 1.29 is 19.1 Å². The summed E-state index contributed by atoms with van der Waals surface area (Å²) in [6.07, 6.45) is 2.66. The number of carbonyl (C=O) groups excluding carboxylic acids is 2. The minimum Gasteiger partial charge on any atom is -0.463 e. The van der Waals surface area contributed by atoms with Gasteiger partial charge in [-0.25, -0.2) is 0 Å². The molecule has 0 N–H and O–H groups in total. The Morgan fingerprint density at radius 2 is 1.86 bits per heavy atom. The lowest BCUT2D eigenvalue weighted by molar-refractivity contribution is -0.151. The van der Waals surface area contributed by atoms with Gasteiger partial charge in [0.2, 0.25) is 0 Å². The molecule has 1 aromatic rings. The Morgan fingerprint density at radius 3 is 2.55 bits per heavy atom. The number of hydrogen-bond acceptors (Lipinski definition) is 4. The molecule has 0 aliphatic heterocycles. The Hall–Kier alpha value is -1.26. The van der Waals surface area contributed by atoms with Gasteiger partial charge in [0.15, 0.2) is 5.75 Å². The van der Waals surface area contributed by atoms with Crippen LogP contribution < -0.4 is 4.74 Å². The standard InChI is InChI=1S/C16H20Cl2O4/c1-3-4-6-11(2)21-14(19)9-10-15(20)22-13-8-5-7-12(17)16(13)18/h5,7-8,11H,3-4,6,9-10H2,1-2H3. The molecule has 0 saturated heterocycles. The zero-order chi connectivity index (χ0) is 16.5. The maximum absolute atomic E-state index is 11.7. The molecule has 6 heteroatoms. The molecule has 0 fully saturated rings. The Labute approximate surface area is 140 Å². The monoisotopic (exact) mass is 346 g/mol. The number of ether oxygens (including phenoxy) is 2. The maximum Gasteiger partial charge on any atom is 0.311 e. The number of benzene rings is 1. The van der Waals surface area contributed by atoms with Gasteiger partial charge in [-0.1, -0.05) is 49.0 Å². The highest BCUT2D eigenvalue weighted by Crippen LogP contribution is 2.31. The highest BCUT2D eigenvalue weighted by atomic mass is 35.5. The zero-order valence-electron chi connectivity index (χ0n) is 12.7. The molecule has 0 amide bonds. The number of rotatable bonds is 8. The van der Waals surface area contributed by atoms with Gasteiger partial charge in [-0.05, 0) is 25.5 Å². The van der Waals surface area contributed by atoms with Crippen molar-refractivity contribution in [1.82, 2.24) is 0 Å². The molecule has 0 spiro atoms. The van der Waals surface area contributed by atoms with Crippen LogP contribution in [0.2, 0.25) is 10.0 Å². The van der Waals surface area contributed by atoms with Gasteiger partial charge in [0.1, 0.15) is 5.02 Å². The van der Waals surface area contributed by atoms with E-state index in [2.05, 4.69) is 6.92 Å². The summed E-state index contributed by atoms with van der Waals surface area (Å²) in [5.74, 6) is -0.774. The van der Waals surface area contributed by atoms with E-state index in [4.69, 9.17) is 32.7 Å². The molecule has 1 rings (SSSR count). The summed E-state index contributed by atoms with van der Waals surface area (Å²) in [5.41, 5.74) is 0. The summed E-state index contributed by atoms with van der Waals surface area (Å²) < 4.78 is 10.3. The van der Waals surface area contributed by atoms with Crippen LogP contribution in [0, 0.1) is 0 Å². The van der Waals surface area contributed by atoms with E-state index >= 15 is 0 Å². The summed E-state index contributed by atoms with van der Waals surface area (Å²) in [4.78, 5) is 23.3. The maximum atomic E-state index is 11.7. The summed E-state index contributed by atoms with van der Waals surface area (Å²) in [6, 6.07) is 4.76. The van der Waals surface area contributed by atoms with E-state index in [1.54, 1.807) is 12.1 Å². The first-order valence-electron chi connectivity index (χ1n) is 7.28. The molecule has 122 valence electrons. The van der Waals surface area contributed by atoms with E-state index in [1.165, 1.54) is 6.07 Å². The van der Waals surface area contributed by atoms with Crippen LogP contribution in [0.15, 0.2) is 18.2 Å². The topological polar surface area (TPSA) is 52.6 Å². The van der Waals surface area contributed by atoms with Crippen LogP contribution in [0.1, 0.15) is 46.0 Å². The summed E-state index contributed by atoms with van der Waals surface area (Å²) in [6.45, 7) is 3.92. The minimum absolute atomic E-state index is 0.0204. The largest absolute Gasteiger partial charge is 0.463 e. The Kier molecular flexibility index (Phi) is 8.28. The first-order chi connectivity index (χ1) is 10.4. The molecule has 0 aromatic heterocycles. The first kappa shape index (κ1) is 18.8. The normalized spacial score (nSPS) is 11.8. The van der Waals surface area contributed by atoms with E-state index in [0.717, 1.165) is 19.3 Å². The summed E-state index contributed by atoms with van der Waals surface area (Å²) in [5, 5.41) is 0.476. The number of carbonyl (C=O) groups is 2. The fourth-order valence-electron chi connectivity index (χ4n) is 1.77. The van der Waals surface area contributed by atoms with Crippen LogP contribution in [0.25, 0.3) is 0 Å². The van der Waals surface area contributed by atoms with Gasteiger partial charge in [-0.3, -0.25) is 9.59 Å². The van der Waals surface area contributed by atoms with Gasteiger partial charge in [-0.2, -0.15) is 0 Å². The second kappa shape index (κ2) is 9.70. The van der Waals surface area contributed by atoms with Crippen LogP contribution in [-0.4, -0.2) is 18.0 Å². The molecular formula is C16H20Cl2O4.